The van der Waals surface area contributed by atoms with E-state index in [1.165, 1.54) is 0 Å². The Hall–Kier alpha value is -2.49. The van der Waals surface area contributed by atoms with E-state index in [0.717, 1.165) is 29.1 Å². The maximum absolute atomic E-state index is 11.8. The van der Waals surface area contributed by atoms with Gasteiger partial charge in [0.15, 0.2) is 11.5 Å². The van der Waals surface area contributed by atoms with Crippen molar-refractivity contribution in [3.63, 3.8) is 0 Å². The van der Waals surface area contributed by atoms with Crippen LogP contribution in [0.25, 0.3) is 16.9 Å². The zero-order chi connectivity index (χ0) is 20.9. The first-order valence-electron chi connectivity index (χ1n) is 10.5. The Morgan fingerprint density at radius 1 is 1.30 bits per heavy atom. The van der Waals surface area contributed by atoms with Crippen LogP contribution in [0.15, 0.2) is 24.5 Å². The van der Waals surface area contributed by atoms with Crippen LogP contribution in [0.5, 0.6) is 0 Å². The van der Waals surface area contributed by atoms with E-state index < -0.39 is 11.2 Å². The van der Waals surface area contributed by atoms with Gasteiger partial charge in [-0.1, -0.05) is 0 Å². The highest BCUT2D eigenvalue weighted by Crippen LogP contribution is 2.43. The smallest absolute Gasteiger partial charge is 0.167 e. The summed E-state index contributed by atoms with van der Waals surface area (Å²) in [7, 11) is 0. The number of rotatable bonds is 3. The van der Waals surface area contributed by atoms with Crippen LogP contribution >= 0.6 is 0 Å². The number of nitrogens with zero attached hydrogens (tertiary/aromatic N) is 5. The van der Waals surface area contributed by atoms with Gasteiger partial charge in [-0.05, 0) is 32.4 Å². The van der Waals surface area contributed by atoms with Crippen molar-refractivity contribution in [2.24, 2.45) is 0 Å². The van der Waals surface area contributed by atoms with Crippen LogP contribution in [-0.2, 0) is 15.1 Å². The van der Waals surface area contributed by atoms with Gasteiger partial charge in [-0.25, -0.2) is 4.98 Å². The summed E-state index contributed by atoms with van der Waals surface area (Å²) >= 11 is 0. The highest BCUT2D eigenvalue weighted by molar-refractivity contribution is 5.83. The largest absolute Gasteiger partial charge is 0.385 e. The lowest BCUT2D eigenvalue weighted by molar-refractivity contribution is -0.147. The van der Waals surface area contributed by atoms with Crippen molar-refractivity contribution < 1.29 is 14.6 Å². The monoisotopic (exact) mass is 412 g/mol. The van der Waals surface area contributed by atoms with Gasteiger partial charge in [0.2, 0.25) is 0 Å². The Labute approximate surface area is 175 Å². The molecule has 2 N–H and O–H groups in total. The van der Waals surface area contributed by atoms with Gasteiger partial charge in [0.25, 0.3) is 0 Å². The molecule has 9 heteroatoms. The summed E-state index contributed by atoms with van der Waals surface area (Å²) in [5.41, 5.74) is 0.121. The number of pyridine rings is 1. The number of aromatic amines is 1. The van der Waals surface area contributed by atoms with Gasteiger partial charge in [0.05, 0.1) is 49.5 Å². The number of hydrogen-bond donors (Lipinski definition) is 2. The fourth-order valence-corrected chi connectivity index (χ4v) is 4.70. The molecule has 2 saturated heterocycles. The highest BCUT2D eigenvalue weighted by atomic mass is 16.5. The van der Waals surface area contributed by atoms with Crippen molar-refractivity contribution in [3.8, 4) is 5.82 Å². The van der Waals surface area contributed by atoms with Crippen LogP contribution < -0.4 is 4.90 Å². The summed E-state index contributed by atoms with van der Waals surface area (Å²) in [5.74, 6) is 1.56. The topological polar surface area (TPSA) is 101 Å². The van der Waals surface area contributed by atoms with Crippen LogP contribution in [0.4, 0.5) is 5.82 Å². The lowest BCUT2D eigenvalue weighted by atomic mass is 9.78. The Kier molecular flexibility index (Phi) is 4.57. The molecule has 3 aromatic heterocycles. The number of aromatic nitrogens is 5. The van der Waals surface area contributed by atoms with Crippen molar-refractivity contribution in [2.45, 2.75) is 50.9 Å². The van der Waals surface area contributed by atoms with E-state index in [0.29, 0.717) is 38.3 Å². The molecule has 2 atom stereocenters. The van der Waals surface area contributed by atoms with E-state index in [9.17, 15) is 5.11 Å². The van der Waals surface area contributed by atoms with Crippen molar-refractivity contribution in [1.82, 2.24) is 25.0 Å². The Morgan fingerprint density at radius 3 is 2.90 bits per heavy atom. The molecule has 5 rings (SSSR count). The summed E-state index contributed by atoms with van der Waals surface area (Å²) in [5, 5.41) is 24.2. The number of anilines is 1. The van der Waals surface area contributed by atoms with Crippen LogP contribution in [-0.4, -0.2) is 68.1 Å². The molecule has 0 bridgehead atoms. The maximum Gasteiger partial charge on any atom is 0.167 e. The van der Waals surface area contributed by atoms with E-state index in [1.54, 1.807) is 17.1 Å². The molecular formula is C21H28N6O3. The molecule has 3 aromatic rings. The summed E-state index contributed by atoms with van der Waals surface area (Å²) < 4.78 is 13.2. The van der Waals surface area contributed by atoms with Gasteiger partial charge in [-0.2, -0.15) is 14.9 Å². The third-order valence-electron chi connectivity index (χ3n) is 6.13. The summed E-state index contributed by atoms with van der Waals surface area (Å²) in [6, 6.07) is 4.08. The molecule has 160 valence electrons. The minimum absolute atomic E-state index is 0.195. The third kappa shape index (κ3) is 3.27. The quantitative estimate of drug-likeness (QED) is 0.680. The average molecular weight is 412 g/mol. The molecule has 0 spiro atoms. The van der Waals surface area contributed by atoms with Crippen LogP contribution in [0.3, 0.4) is 0 Å². The van der Waals surface area contributed by atoms with Gasteiger partial charge in [0, 0.05) is 30.8 Å². The molecule has 0 amide bonds. The molecule has 5 heterocycles. The fraction of sp³-hybridized carbons (Fsp3) is 0.571. The minimum atomic E-state index is -1.02. The standard InChI is InChI=1S/C21H28N6O3/c1-14-12-29-9-7-26(14)18-10-16(21(28)5-8-30-20(2,3)13-21)15-11-23-27(19(15)24-18)17-4-6-22-25-17/h4,6,10-11,14,28H,5,7-9,12-13H2,1-3H3,(H,22,25)/t14-,21-/m1/s1. The number of hydrogen-bond acceptors (Lipinski definition) is 7. The number of H-pyrrole nitrogens is 1. The van der Waals surface area contributed by atoms with Gasteiger partial charge in [-0.15, -0.1) is 0 Å². The van der Waals surface area contributed by atoms with Gasteiger partial charge in [-0.3, -0.25) is 5.10 Å². The average Bonchev–Trinajstić information content (AvgIpc) is 3.36. The minimum Gasteiger partial charge on any atom is -0.385 e. The lowest BCUT2D eigenvalue weighted by Crippen LogP contribution is -2.45. The van der Waals surface area contributed by atoms with E-state index in [1.807, 2.05) is 26.0 Å². The van der Waals surface area contributed by atoms with Gasteiger partial charge < -0.3 is 19.5 Å². The summed E-state index contributed by atoms with van der Waals surface area (Å²) in [6.07, 6.45) is 4.51. The molecule has 9 nitrogen and oxygen atoms in total. The molecule has 0 radical (unpaired) electrons. The molecule has 2 aliphatic heterocycles. The Bertz CT molecular complexity index is 1050. The van der Waals surface area contributed by atoms with Crippen molar-refractivity contribution in [1.29, 1.82) is 0 Å². The van der Waals surface area contributed by atoms with E-state index in [2.05, 4.69) is 27.1 Å². The zero-order valence-electron chi connectivity index (χ0n) is 17.6. The molecule has 0 aromatic carbocycles. The number of morpholine rings is 1. The molecular weight excluding hydrogens is 384 g/mol. The van der Waals surface area contributed by atoms with Crippen molar-refractivity contribution in [2.75, 3.05) is 31.3 Å². The van der Waals surface area contributed by atoms with Crippen molar-refractivity contribution in [3.05, 3.63) is 30.1 Å². The Balaban J connectivity index is 1.71. The van der Waals surface area contributed by atoms with Crippen LogP contribution in [0.2, 0.25) is 0 Å². The van der Waals surface area contributed by atoms with E-state index >= 15 is 0 Å². The zero-order valence-corrected chi connectivity index (χ0v) is 17.6. The third-order valence-corrected chi connectivity index (χ3v) is 6.13. The van der Waals surface area contributed by atoms with Gasteiger partial charge >= 0.3 is 0 Å². The molecule has 2 aliphatic rings. The number of fused-ring (bicyclic) bond motifs is 1. The second kappa shape index (κ2) is 7.04. The first-order valence-corrected chi connectivity index (χ1v) is 10.5. The first-order chi connectivity index (χ1) is 14.4. The highest BCUT2D eigenvalue weighted by Gasteiger charge is 2.42. The van der Waals surface area contributed by atoms with Gasteiger partial charge in [0.1, 0.15) is 5.82 Å². The Morgan fingerprint density at radius 2 is 2.17 bits per heavy atom. The first kappa shape index (κ1) is 19.5. The molecule has 0 aliphatic carbocycles. The predicted octanol–water partition coefficient (Wildman–Crippen LogP) is 2.15. The molecule has 2 fully saturated rings. The normalized spacial score (nSPS) is 26.9. The van der Waals surface area contributed by atoms with E-state index in [4.69, 9.17) is 14.5 Å². The maximum atomic E-state index is 11.8. The predicted molar refractivity (Wildman–Crippen MR) is 112 cm³/mol. The summed E-state index contributed by atoms with van der Waals surface area (Å²) in [4.78, 5) is 7.21. The number of aliphatic hydroxyl groups is 1. The second-order valence-corrected chi connectivity index (χ2v) is 8.95. The SMILES string of the molecule is C[C@@H]1COCCN1c1cc([C@@]2(O)CCOC(C)(C)C2)c2cnn(-c3ccn[nH]3)c2n1. The molecule has 30 heavy (non-hydrogen) atoms. The number of nitrogens with one attached hydrogen (secondary N) is 1. The van der Waals surface area contributed by atoms with E-state index in [-0.39, 0.29) is 6.04 Å². The van der Waals surface area contributed by atoms with Crippen molar-refractivity contribution >= 4 is 16.9 Å². The summed E-state index contributed by atoms with van der Waals surface area (Å²) in [6.45, 7) is 8.74. The molecule has 0 saturated carbocycles. The lowest BCUT2D eigenvalue weighted by Gasteiger charge is -2.42. The second-order valence-electron chi connectivity index (χ2n) is 8.95. The van der Waals surface area contributed by atoms with Crippen LogP contribution in [0, 0.1) is 0 Å². The fourth-order valence-electron chi connectivity index (χ4n) is 4.70. The molecule has 0 unspecified atom stereocenters. The van der Waals surface area contributed by atoms with Crippen LogP contribution in [0.1, 0.15) is 39.2 Å². The number of ether oxygens (including phenoxy) is 2.